The number of hydroxylamine groups is 1. The molecule has 1 N–H and O–H groups in total. The summed E-state index contributed by atoms with van der Waals surface area (Å²) in [5.41, 5.74) is 1.42. The number of carbonyl (C=O) groups is 1. The van der Waals surface area contributed by atoms with Crippen molar-refractivity contribution >= 4 is 23.2 Å². The van der Waals surface area contributed by atoms with Crippen LogP contribution in [-0.2, 0) is 4.84 Å². The topological polar surface area (TPSA) is 81.5 Å². The van der Waals surface area contributed by atoms with Crippen LogP contribution in [0.5, 0.6) is 0 Å². The number of halogens is 1. The van der Waals surface area contributed by atoms with E-state index in [0.29, 0.717) is 0 Å². The van der Waals surface area contributed by atoms with Gasteiger partial charge in [0.25, 0.3) is 11.6 Å². The van der Waals surface area contributed by atoms with Crippen molar-refractivity contribution < 1.29 is 14.6 Å². The van der Waals surface area contributed by atoms with E-state index in [1.54, 1.807) is 20.8 Å². The van der Waals surface area contributed by atoms with Gasteiger partial charge in [-0.2, -0.15) is 0 Å². The van der Waals surface area contributed by atoms with Gasteiger partial charge in [0.2, 0.25) is 0 Å². The van der Waals surface area contributed by atoms with E-state index in [9.17, 15) is 14.9 Å². The number of carbonyl (C=O) groups excluding carboxylic acids is 1. The first-order valence-corrected chi connectivity index (χ1v) is 5.51. The molecule has 0 heterocycles. The number of benzene rings is 1. The van der Waals surface area contributed by atoms with Crippen LogP contribution in [0, 0.1) is 10.1 Å². The predicted octanol–water partition coefficient (Wildman–Crippen LogP) is 2.71. The van der Waals surface area contributed by atoms with Crippen LogP contribution in [0.25, 0.3) is 0 Å². The first-order valence-electron chi connectivity index (χ1n) is 5.13. The number of nitro benzene ring substituents is 1. The predicted molar refractivity (Wildman–Crippen MR) is 66.4 cm³/mol. The Morgan fingerprint density at radius 1 is 1.44 bits per heavy atom. The SMILES string of the molecule is CC(C)(C)ONC(=O)c1cc([N+](=O)[O-])ccc1Cl. The van der Waals surface area contributed by atoms with E-state index in [1.807, 2.05) is 0 Å². The highest BCUT2D eigenvalue weighted by atomic mass is 35.5. The summed E-state index contributed by atoms with van der Waals surface area (Å²) >= 11 is 5.81. The van der Waals surface area contributed by atoms with Crippen molar-refractivity contribution in [2.75, 3.05) is 0 Å². The molecule has 98 valence electrons. The number of hydrogen-bond donors (Lipinski definition) is 1. The van der Waals surface area contributed by atoms with Crippen LogP contribution in [0.2, 0.25) is 5.02 Å². The monoisotopic (exact) mass is 272 g/mol. The Labute approximate surface area is 109 Å². The van der Waals surface area contributed by atoms with Gasteiger partial charge >= 0.3 is 0 Å². The summed E-state index contributed by atoms with van der Waals surface area (Å²) < 4.78 is 0. The molecule has 1 aromatic carbocycles. The lowest BCUT2D eigenvalue weighted by Crippen LogP contribution is -2.33. The molecule has 0 aliphatic rings. The zero-order chi connectivity index (χ0) is 13.9. The van der Waals surface area contributed by atoms with E-state index in [1.165, 1.54) is 12.1 Å². The summed E-state index contributed by atoms with van der Waals surface area (Å²) in [6.07, 6.45) is 0. The van der Waals surface area contributed by atoms with Gasteiger partial charge in [0.1, 0.15) is 0 Å². The molecule has 1 aromatic rings. The maximum atomic E-state index is 11.7. The molecule has 0 spiro atoms. The van der Waals surface area contributed by atoms with E-state index < -0.39 is 16.4 Å². The number of nitro groups is 1. The van der Waals surface area contributed by atoms with Crippen molar-refractivity contribution in [2.24, 2.45) is 0 Å². The molecule has 0 aliphatic heterocycles. The molecular weight excluding hydrogens is 260 g/mol. The lowest BCUT2D eigenvalue weighted by molar-refractivity contribution is -0.384. The number of amides is 1. The average Bonchev–Trinajstić information content (AvgIpc) is 2.25. The fourth-order valence-electron chi connectivity index (χ4n) is 1.06. The normalized spacial score (nSPS) is 11.1. The van der Waals surface area contributed by atoms with Crippen molar-refractivity contribution in [2.45, 2.75) is 26.4 Å². The van der Waals surface area contributed by atoms with Gasteiger partial charge in [0.05, 0.1) is 21.1 Å². The Morgan fingerprint density at radius 3 is 2.56 bits per heavy atom. The van der Waals surface area contributed by atoms with Crippen LogP contribution in [0.3, 0.4) is 0 Å². The Balaban J connectivity index is 2.91. The molecule has 0 radical (unpaired) electrons. The minimum absolute atomic E-state index is 0.00452. The lowest BCUT2D eigenvalue weighted by Gasteiger charge is -2.19. The summed E-state index contributed by atoms with van der Waals surface area (Å²) in [5, 5.41) is 10.7. The van der Waals surface area contributed by atoms with Crippen LogP contribution < -0.4 is 5.48 Å². The summed E-state index contributed by atoms with van der Waals surface area (Å²) in [6.45, 7) is 5.26. The van der Waals surface area contributed by atoms with Gasteiger partial charge < -0.3 is 0 Å². The van der Waals surface area contributed by atoms with Crippen LogP contribution >= 0.6 is 11.6 Å². The summed E-state index contributed by atoms with van der Waals surface area (Å²) in [5.74, 6) is -0.626. The minimum atomic E-state index is -0.626. The van der Waals surface area contributed by atoms with Crippen LogP contribution in [-0.4, -0.2) is 16.4 Å². The third-order valence-corrected chi connectivity index (χ3v) is 2.18. The summed E-state index contributed by atoms with van der Waals surface area (Å²) in [7, 11) is 0. The van der Waals surface area contributed by atoms with Gasteiger partial charge in [0, 0.05) is 12.1 Å². The molecule has 0 aromatic heterocycles. The maximum Gasteiger partial charge on any atom is 0.276 e. The molecule has 6 nitrogen and oxygen atoms in total. The third-order valence-electron chi connectivity index (χ3n) is 1.86. The van der Waals surface area contributed by atoms with Crippen LogP contribution in [0.15, 0.2) is 18.2 Å². The number of hydrogen-bond acceptors (Lipinski definition) is 4. The molecule has 0 saturated heterocycles. The molecule has 0 saturated carbocycles. The first-order chi connectivity index (χ1) is 8.20. The van der Waals surface area contributed by atoms with Crippen molar-refractivity contribution in [3.63, 3.8) is 0 Å². The van der Waals surface area contributed by atoms with Crippen LogP contribution in [0.1, 0.15) is 31.1 Å². The maximum absolute atomic E-state index is 11.7. The van der Waals surface area contributed by atoms with E-state index in [-0.39, 0.29) is 16.3 Å². The fourth-order valence-corrected chi connectivity index (χ4v) is 1.26. The van der Waals surface area contributed by atoms with Gasteiger partial charge in [-0.05, 0) is 26.8 Å². The Bertz CT molecular complexity index is 482. The van der Waals surface area contributed by atoms with E-state index in [2.05, 4.69) is 5.48 Å². The molecule has 18 heavy (non-hydrogen) atoms. The third kappa shape index (κ3) is 3.97. The van der Waals surface area contributed by atoms with Crippen molar-refractivity contribution in [1.82, 2.24) is 5.48 Å². The van der Waals surface area contributed by atoms with Gasteiger partial charge in [-0.25, -0.2) is 5.48 Å². The highest BCUT2D eigenvalue weighted by Gasteiger charge is 2.18. The zero-order valence-electron chi connectivity index (χ0n) is 10.2. The van der Waals surface area contributed by atoms with E-state index >= 15 is 0 Å². The molecule has 7 heteroatoms. The standard InChI is InChI=1S/C11H13ClN2O4/c1-11(2,3)18-13-10(15)8-6-7(14(16)17)4-5-9(8)12/h4-6H,1-3H3,(H,13,15). The Morgan fingerprint density at radius 2 is 2.06 bits per heavy atom. The molecule has 1 rings (SSSR count). The highest BCUT2D eigenvalue weighted by Crippen LogP contribution is 2.22. The Kier molecular flexibility index (Phi) is 4.26. The molecular formula is C11H13ClN2O4. The van der Waals surface area contributed by atoms with Gasteiger partial charge in [-0.1, -0.05) is 11.6 Å². The number of nitrogens with one attached hydrogen (secondary N) is 1. The largest absolute Gasteiger partial charge is 0.276 e. The minimum Gasteiger partial charge on any atom is -0.268 e. The van der Waals surface area contributed by atoms with Gasteiger partial charge in [0.15, 0.2) is 0 Å². The highest BCUT2D eigenvalue weighted by molar-refractivity contribution is 6.33. The molecule has 0 atom stereocenters. The number of rotatable bonds is 3. The number of nitrogens with zero attached hydrogens (tertiary/aromatic N) is 1. The van der Waals surface area contributed by atoms with E-state index in [4.69, 9.17) is 16.4 Å². The first kappa shape index (κ1) is 14.4. The van der Waals surface area contributed by atoms with Crippen molar-refractivity contribution in [3.05, 3.63) is 38.9 Å². The molecule has 0 fully saturated rings. The zero-order valence-corrected chi connectivity index (χ0v) is 10.9. The summed E-state index contributed by atoms with van der Waals surface area (Å²) in [6, 6.07) is 3.62. The van der Waals surface area contributed by atoms with Crippen molar-refractivity contribution in [3.8, 4) is 0 Å². The molecule has 0 unspecified atom stereocenters. The molecule has 1 amide bonds. The second-order valence-corrected chi connectivity index (χ2v) is 4.97. The van der Waals surface area contributed by atoms with E-state index in [0.717, 1.165) is 6.07 Å². The van der Waals surface area contributed by atoms with Gasteiger partial charge in [-0.15, -0.1) is 0 Å². The molecule has 0 aliphatic carbocycles. The average molecular weight is 273 g/mol. The van der Waals surface area contributed by atoms with Crippen LogP contribution in [0.4, 0.5) is 5.69 Å². The number of non-ortho nitro benzene ring substituents is 1. The van der Waals surface area contributed by atoms with Gasteiger partial charge in [-0.3, -0.25) is 19.7 Å². The quantitative estimate of drug-likeness (QED) is 0.677. The van der Waals surface area contributed by atoms with Crippen molar-refractivity contribution in [1.29, 1.82) is 0 Å². The smallest absolute Gasteiger partial charge is 0.268 e. The summed E-state index contributed by atoms with van der Waals surface area (Å²) in [4.78, 5) is 26.8. The second-order valence-electron chi connectivity index (χ2n) is 4.57. The fraction of sp³-hybridized carbons (Fsp3) is 0.364. The molecule has 0 bridgehead atoms. The second kappa shape index (κ2) is 5.32. The Hall–Kier alpha value is -1.66. The lowest BCUT2D eigenvalue weighted by atomic mass is 10.2.